The zero-order valence-corrected chi connectivity index (χ0v) is 10.2. The van der Waals surface area contributed by atoms with Gasteiger partial charge in [-0.15, -0.1) is 0 Å². The molecule has 0 N–H and O–H groups in total. The van der Waals surface area contributed by atoms with Gasteiger partial charge in [-0.25, -0.2) is 0 Å². The predicted octanol–water partition coefficient (Wildman–Crippen LogP) is 2.53. The Morgan fingerprint density at radius 2 is 2.14 bits per heavy atom. The first-order chi connectivity index (χ1) is 6.72. The molecule has 14 heavy (non-hydrogen) atoms. The maximum atomic E-state index is 5.77. The van der Waals surface area contributed by atoms with E-state index in [9.17, 15) is 0 Å². The molecule has 1 atom stereocenters. The van der Waals surface area contributed by atoms with Crippen molar-refractivity contribution in [1.29, 1.82) is 0 Å². The smallest absolute Gasteiger partial charge is 0.0780 e. The quantitative estimate of drug-likeness (QED) is 0.662. The van der Waals surface area contributed by atoms with Gasteiger partial charge in [0.05, 0.1) is 19.3 Å². The van der Waals surface area contributed by atoms with E-state index in [-0.39, 0.29) is 6.10 Å². The molecule has 0 amide bonds. The molecule has 1 fully saturated rings. The molecule has 0 aliphatic heterocycles. The van der Waals surface area contributed by atoms with Crippen molar-refractivity contribution in [1.82, 2.24) is 0 Å². The fourth-order valence-corrected chi connectivity index (χ4v) is 2.08. The lowest BCUT2D eigenvalue weighted by Gasteiger charge is -2.41. The van der Waals surface area contributed by atoms with E-state index >= 15 is 0 Å². The lowest BCUT2D eigenvalue weighted by Crippen LogP contribution is -2.38. The molecule has 0 aromatic heterocycles. The Morgan fingerprint density at radius 1 is 1.43 bits per heavy atom. The van der Waals surface area contributed by atoms with Gasteiger partial charge in [0, 0.05) is 12.0 Å². The first-order valence-electron chi connectivity index (χ1n) is 5.52. The topological polar surface area (TPSA) is 18.5 Å². The number of rotatable bonds is 7. The average Bonchev–Trinajstić information content (AvgIpc) is 2.14. The van der Waals surface area contributed by atoms with Crippen LogP contribution in [0.25, 0.3) is 0 Å². The van der Waals surface area contributed by atoms with Crippen molar-refractivity contribution in [2.75, 3.05) is 25.6 Å². The molecule has 84 valence electrons. The highest BCUT2D eigenvalue weighted by molar-refractivity contribution is 7.80. The van der Waals surface area contributed by atoms with Crippen LogP contribution in [0.5, 0.6) is 0 Å². The Morgan fingerprint density at radius 3 is 2.57 bits per heavy atom. The summed E-state index contributed by atoms with van der Waals surface area (Å²) in [5.41, 5.74) is 0.379. The van der Waals surface area contributed by atoms with Crippen LogP contribution in [0, 0.1) is 5.41 Å². The molecule has 1 aliphatic rings. The van der Waals surface area contributed by atoms with Gasteiger partial charge >= 0.3 is 0 Å². The first-order valence-corrected chi connectivity index (χ1v) is 6.16. The third kappa shape index (κ3) is 3.44. The van der Waals surface area contributed by atoms with Crippen LogP contribution >= 0.6 is 12.6 Å². The number of hydrogen-bond acceptors (Lipinski definition) is 3. The summed E-state index contributed by atoms with van der Waals surface area (Å²) in [6.07, 6.45) is 4.10. The minimum atomic E-state index is 0.215. The van der Waals surface area contributed by atoms with E-state index < -0.39 is 0 Å². The summed E-state index contributed by atoms with van der Waals surface area (Å²) < 4.78 is 11.1. The molecule has 0 saturated heterocycles. The van der Waals surface area contributed by atoms with E-state index in [0.29, 0.717) is 12.0 Å². The Kier molecular flexibility index (Phi) is 5.28. The summed E-state index contributed by atoms with van der Waals surface area (Å²) in [4.78, 5) is 0. The summed E-state index contributed by atoms with van der Waals surface area (Å²) in [7, 11) is 0. The third-order valence-corrected chi connectivity index (χ3v) is 3.65. The summed E-state index contributed by atoms with van der Waals surface area (Å²) in [5.74, 6) is 0.953. The van der Waals surface area contributed by atoms with Gasteiger partial charge in [-0.2, -0.15) is 12.6 Å². The zero-order chi connectivity index (χ0) is 10.4. The lowest BCUT2D eigenvalue weighted by atomic mass is 9.71. The fraction of sp³-hybridized carbons (Fsp3) is 1.00. The van der Waals surface area contributed by atoms with E-state index in [0.717, 1.165) is 19.0 Å². The normalized spacial score (nSPS) is 21.6. The summed E-state index contributed by atoms with van der Waals surface area (Å²) in [5, 5.41) is 0. The lowest BCUT2D eigenvalue weighted by molar-refractivity contribution is -0.0562. The standard InChI is InChI=1S/C11H22O2S/c1-3-12-7-10(2)13-8-11(9-14)5-4-6-11/h10,14H,3-9H2,1-2H3. The van der Waals surface area contributed by atoms with Crippen molar-refractivity contribution in [2.24, 2.45) is 5.41 Å². The van der Waals surface area contributed by atoms with Crippen molar-refractivity contribution in [3.8, 4) is 0 Å². The SMILES string of the molecule is CCOCC(C)OCC1(CS)CCC1. The number of ether oxygens (including phenoxy) is 2. The minimum absolute atomic E-state index is 0.215. The Labute approximate surface area is 92.8 Å². The van der Waals surface area contributed by atoms with E-state index in [1.54, 1.807) is 0 Å². The van der Waals surface area contributed by atoms with Crippen molar-refractivity contribution < 1.29 is 9.47 Å². The van der Waals surface area contributed by atoms with Crippen LogP contribution in [0.2, 0.25) is 0 Å². The fourth-order valence-electron chi connectivity index (χ4n) is 1.68. The second-order valence-electron chi connectivity index (χ2n) is 4.29. The van der Waals surface area contributed by atoms with Crippen molar-refractivity contribution >= 4 is 12.6 Å². The van der Waals surface area contributed by atoms with Crippen LogP contribution < -0.4 is 0 Å². The van der Waals surface area contributed by atoms with Gasteiger partial charge < -0.3 is 9.47 Å². The molecule has 0 aromatic rings. The molecular formula is C11H22O2S. The van der Waals surface area contributed by atoms with Crippen LogP contribution in [0.3, 0.4) is 0 Å². The van der Waals surface area contributed by atoms with Gasteiger partial charge in [0.15, 0.2) is 0 Å². The molecule has 1 saturated carbocycles. The second kappa shape index (κ2) is 5.99. The monoisotopic (exact) mass is 218 g/mol. The molecule has 0 aromatic carbocycles. The molecule has 1 rings (SSSR count). The minimum Gasteiger partial charge on any atom is -0.379 e. The van der Waals surface area contributed by atoms with E-state index in [1.165, 1.54) is 19.3 Å². The molecule has 0 spiro atoms. The maximum Gasteiger partial charge on any atom is 0.0780 e. The van der Waals surface area contributed by atoms with Gasteiger partial charge in [-0.1, -0.05) is 6.42 Å². The van der Waals surface area contributed by atoms with Crippen LogP contribution in [0.1, 0.15) is 33.1 Å². The maximum absolute atomic E-state index is 5.77. The molecule has 2 nitrogen and oxygen atoms in total. The second-order valence-corrected chi connectivity index (χ2v) is 4.61. The van der Waals surface area contributed by atoms with E-state index in [2.05, 4.69) is 19.6 Å². The molecule has 1 unspecified atom stereocenters. The van der Waals surface area contributed by atoms with Crippen LogP contribution in [0.4, 0.5) is 0 Å². The number of hydrogen-bond donors (Lipinski definition) is 1. The molecular weight excluding hydrogens is 196 g/mol. The Balaban J connectivity index is 2.12. The summed E-state index contributed by atoms with van der Waals surface area (Å²) in [6, 6.07) is 0. The Hall–Kier alpha value is 0.270. The predicted molar refractivity (Wildman–Crippen MR) is 62.0 cm³/mol. The zero-order valence-electron chi connectivity index (χ0n) is 9.29. The Bertz CT molecular complexity index is 152. The number of thiol groups is 1. The molecule has 0 bridgehead atoms. The van der Waals surface area contributed by atoms with Crippen LogP contribution in [-0.2, 0) is 9.47 Å². The van der Waals surface area contributed by atoms with E-state index in [1.807, 2.05) is 6.92 Å². The highest BCUT2D eigenvalue weighted by atomic mass is 32.1. The summed E-state index contributed by atoms with van der Waals surface area (Å²) in [6.45, 7) is 6.41. The van der Waals surface area contributed by atoms with Gasteiger partial charge in [-0.05, 0) is 32.4 Å². The van der Waals surface area contributed by atoms with Crippen LogP contribution in [-0.4, -0.2) is 31.7 Å². The largest absolute Gasteiger partial charge is 0.379 e. The van der Waals surface area contributed by atoms with Crippen molar-refractivity contribution in [3.05, 3.63) is 0 Å². The molecule has 0 heterocycles. The van der Waals surface area contributed by atoms with E-state index in [4.69, 9.17) is 9.47 Å². The first kappa shape index (κ1) is 12.3. The molecule has 1 aliphatic carbocycles. The third-order valence-electron chi connectivity index (χ3n) is 2.98. The van der Waals surface area contributed by atoms with Gasteiger partial charge in [-0.3, -0.25) is 0 Å². The average molecular weight is 218 g/mol. The van der Waals surface area contributed by atoms with Crippen LogP contribution in [0.15, 0.2) is 0 Å². The van der Waals surface area contributed by atoms with Crippen molar-refractivity contribution in [3.63, 3.8) is 0 Å². The molecule has 3 heteroatoms. The molecule has 0 radical (unpaired) electrons. The highest BCUT2D eigenvalue weighted by Gasteiger charge is 2.36. The summed E-state index contributed by atoms with van der Waals surface area (Å²) >= 11 is 4.39. The van der Waals surface area contributed by atoms with Gasteiger partial charge in [0.1, 0.15) is 0 Å². The highest BCUT2D eigenvalue weighted by Crippen LogP contribution is 2.42. The van der Waals surface area contributed by atoms with Crippen molar-refractivity contribution in [2.45, 2.75) is 39.2 Å². The van der Waals surface area contributed by atoms with Gasteiger partial charge in [0.25, 0.3) is 0 Å². The van der Waals surface area contributed by atoms with Gasteiger partial charge in [0.2, 0.25) is 0 Å².